The fourth-order valence-electron chi connectivity index (χ4n) is 4.45. The topological polar surface area (TPSA) is 102 Å². The number of aliphatic hydroxyl groups is 1. The van der Waals surface area contributed by atoms with Crippen molar-refractivity contribution >= 4 is 19.5 Å². The molecule has 0 radical (unpaired) electrons. The van der Waals surface area contributed by atoms with Crippen molar-refractivity contribution in [2.24, 2.45) is 0 Å². The lowest BCUT2D eigenvalue weighted by molar-refractivity contribution is 0.121. The van der Waals surface area contributed by atoms with E-state index in [1.165, 1.54) is 0 Å². The second-order valence-corrected chi connectivity index (χ2v) is 15.7. The van der Waals surface area contributed by atoms with Crippen LogP contribution >= 0.6 is 0 Å². The zero-order valence-corrected chi connectivity index (χ0v) is 20.7. The van der Waals surface area contributed by atoms with E-state index in [1.807, 2.05) is 28.5 Å². The molecule has 3 aromatic heterocycles. The van der Waals surface area contributed by atoms with Crippen LogP contribution in [0.5, 0.6) is 0 Å². The van der Waals surface area contributed by atoms with Gasteiger partial charge in [0.15, 0.2) is 0 Å². The van der Waals surface area contributed by atoms with E-state index < -0.39 is 8.07 Å². The zero-order valence-electron chi connectivity index (χ0n) is 19.7. The number of hydrogen-bond donors (Lipinski definition) is 2. The van der Waals surface area contributed by atoms with Crippen LogP contribution in [-0.4, -0.2) is 68.6 Å². The summed E-state index contributed by atoms with van der Waals surface area (Å²) in [5.74, 6) is 0.916. The maximum atomic E-state index is 9.99. The molecule has 0 unspecified atom stereocenters. The summed E-state index contributed by atoms with van der Waals surface area (Å²) in [5.41, 5.74) is 3.92. The average Bonchev–Trinajstić information content (AvgIpc) is 3.31. The average molecular weight is 458 g/mol. The first-order valence-corrected chi connectivity index (χ1v) is 15.2. The van der Waals surface area contributed by atoms with E-state index >= 15 is 0 Å². The first kappa shape index (κ1) is 22.9. The van der Waals surface area contributed by atoms with Gasteiger partial charge in [-0.15, -0.1) is 10.2 Å². The summed E-state index contributed by atoms with van der Waals surface area (Å²) < 4.78 is 9.19. The highest BCUT2D eigenvalue weighted by atomic mass is 28.3. The summed E-state index contributed by atoms with van der Waals surface area (Å²) in [6.07, 6.45) is 8.17. The molecule has 0 amide bonds. The molecule has 0 aliphatic heterocycles. The number of aliphatic hydroxyl groups excluding tert-OH is 1. The molecule has 10 heteroatoms. The van der Waals surface area contributed by atoms with Gasteiger partial charge in [0, 0.05) is 36.5 Å². The molecule has 1 aliphatic rings. The highest BCUT2D eigenvalue weighted by Gasteiger charge is 2.26. The molecular weight excluding hydrogens is 422 g/mol. The van der Waals surface area contributed by atoms with Gasteiger partial charge >= 0.3 is 0 Å². The Bertz CT molecular complexity index is 1050. The van der Waals surface area contributed by atoms with E-state index in [-0.39, 0.29) is 12.1 Å². The molecular formula is C22H35N7O2Si. The largest absolute Gasteiger partial charge is 0.393 e. The van der Waals surface area contributed by atoms with Crippen molar-refractivity contribution in [2.45, 2.75) is 76.5 Å². The lowest BCUT2D eigenvalue weighted by Gasteiger charge is -2.25. The molecule has 32 heavy (non-hydrogen) atoms. The maximum Gasteiger partial charge on any atom is 0.241 e. The number of rotatable bonds is 8. The SMILES string of the molecule is COC[C@H](C)Nc1ncc2c(-c3cn(C[Si](C)(C)C)nn3)cc([C@H]3CC[C@H](O)CC3)n2n1. The standard InChI is InChI=1S/C22H35N7O2Si/c1-15(13-31-2)24-22-23-11-21-18(19-12-28(27-25-19)14-32(3,4)5)10-20(29(21)26-22)16-6-8-17(30)9-7-16/h10-12,15-17,30H,6-9,13-14H2,1-5H3,(H,24,26)/t15-,16-,17-/m0/s1. The fourth-order valence-corrected chi connectivity index (χ4v) is 5.57. The zero-order chi connectivity index (χ0) is 22.9. The third-order valence-electron chi connectivity index (χ3n) is 5.90. The molecule has 0 saturated heterocycles. The first-order chi connectivity index (χ1) is 15.2. The van der Waals surface area contributed by atoms with Crippen molar-refractivity contribution in [3.63, 3.8) is 0 Å². The molecule has 1 atom stereocenters. The molecule has 2 N–H and O–H groups in total. The number of aromatic nitrogens is 6. The Morgan fingerprint density at radius 3 is 2.69 bits per heavy atom. The maximum absolute atomic E-state index is 9.99. The summed E-state index contributed by atoms with van der Waals surface area (Å²) in [4.78, 5) is 4.57. The van der Waals surface area contributed by atoms with E-state index in [9.17, 15) is 5.11 Å². The van der Waals surface area contributed by atoms with Gasteiger partial charge in [-0.25, -0.2) is 9.50 Å². The minimum Gasteiger partial charge on any atom is -0.393 e. The van der Waals surface area contributed by atoms with Crippen LogP contribution in [0, 0.1) is 0 Å². The summed E-state index contributed by atoms with van der Waals surface area (Å²) in [7, 11) is 0.377. The van der Waals surface area contributed by atoms with Gasteiger partial charge in [-0.3, -0.25) is 4.68 Å². The van der Waals surface area contributed by atoms with Crippen LogP contribution in [0.3, 0.4) is 0 Å². The quantitative estimate of drug-likeness (QED) is 0.500. The number of ether oxygens (including phenoxy) is 1. The lowest BCUT2D eigenvalue weighted by atomic mass is 9.85. The van der Waals surface area contributed by atoms with Crippen molar-refractivity contribution in [1.82, 2.24) is 29.6 Å². The Morgan fingerprint density at radius 1 is 1.25 bits per heavy atom. The normalized spacial score (nSPS) is 20.6. The van der Waals surface area contributed by atoms with Gasteiger partial charge in [0.05, 0.1) is 38.7 Å². The van der Waals surface area contributed by atoms with Gasteiger partial charge in [-0.05, 0) is 38.7 Å². The van der Waals surface area contributed by atoms with Crippen molar-refractivity contribution in [3.05, 3.63) is 24.2 Å². The molecule has 1 saturated carbocycles. The Labute approximate surface area is 190 Å². The second-order valence-electron chi connectivity index (χ2n) is 10.2. The van der Waals surface area contributed by atoms with E-state index in [1.54, 1.807) is 7.11 Å². The molecule has 0 bridgehead atoms. The van der Waals surface area contributed by atoms with E-state index in [2.05, 4.69) is 46.3 Å². The highest BCUT2D eigenvalue weighted by molar-refractivity contribution is 6.74. The summed E-state index contributed by atoms with van der Waals surface area (Å²) in [5, 5.41) is 27.0. The molecule has 3 aromatic rings. The highest BCUT2D eigenvalue weighted by Crippen LogP contribution is 2.37. The number of nitrogens with one attached hydrogen (secondary N) is 1. The second kappa shape index (κ2) is 9.28. The molecule has 0 aromatic carbocycles. The molecule has 0 spiro atoms. The molecule has 1 fully saturated rings. The predicted molar refractivity (Wildman–Crippen MR) is 128 cm³/mol. The van der Waals surface area contributed by atoms with Crippen LogP contribution in [0.1, 0.15) is 44.2 Å². The third-order valence-corrected chi connectivity index (χ3v) is 7.18. The van der Waals surface area contributed by atoms with Gasteiger partial charge < -0.3 is 15.2 Å². The van der Waals surface area contributed by atoms with Crippen LogP contribution in [-0.2, 0) is 10.9 Å². The predicted octanol–water partition coefficient (Wildman–Crippen LogP) is 3.33. The van der Waals surface area contributed by atoms with Crippen LogP contribution in [0.15, 0.2) is 18.5 Å². The third kappa shape index (κ3) is 5.19. The van der Waals surface area contributed by atoms with Crippen molar-refractivity contribution in [1.29, 1.82) is 0 Å². The number of fused-ring (bicyclic) bond motifs is 1. The number of methoxy groups -OCH3 is 1. The number of nitrogens with zero attached hydrogens (tertiary/aromatic N) is 6. The molecule has 4 rings (SSSR count). The number of hydrogen-bond acceptors (Lipinski definition) is 7. The minimum atomic E-state index is -1.31. The van der Waals surface area contributed by atoms with Crippen LogP contribution in [0.2, 0.25) is 19.6 Å². The number of anilines is 1. The molecule has 1 aliphatic carbocycles. The van der Waals surface area contributed by atoms with Crippen molar-refractivity contribution < 1.29 is 9.84 Å². The molecule has 174 valence electrons. The van der Waals surface area contributed by atoms with Gasteiger partial charge in [0.1, 0.15) is 5.69 Å². The van der Waals surface area contributed by atoms with Crippen LogP contribution < -0.4 is 5.32 Å². The Hall–Kier alpha value is -2.30. The summed E-state index contributed by atoms with van der Waals surface area (Å²) in [6, 6.07) is 2.29. The Kier molecular flexibility index (Phi) is 6.64. The van der Waals surface area contributed by atoms with Crippen molar-refractivity contribution in [2.75, 3.05) is 19.0 Å². The van der Waals surface area contributed by atoms with Gasteiger partial charge in [0.25, 0.3) is 0 Å². The van der Waals surface area contributed by atoms with Gasteiger partial charge in [0.2, 0.25) is 5.95 Å². The first-order valence-electron chi connectivity index (χ1n) is 11.5. The monoisotopic (exact) mass is 457 g/mol. The van der Waals surface area contributed by atoms with Gasteiger partial charge in [-0.1, -0.05) is 24.9 Å². The molecule has 9 nitrogen and oxygen atoms in total. The van der Waals surface area contributed by atoms with E-state index in [0.717, 1.165) is 54.3 Å². The summed E-state index contributed by atoms with van der Waals surface area (Å²) >= 11 is 0. The Morgan fingerprint density at radius 2 is 2.00 bits per heavy atom. The van der Waals surface area contributed by atoms with Crippen LogP contribution in [0.4, 0.5) is 5.95 Å². The van der Waals surface area contributed by atoms with Crippen LogP contribution in [0.25, 0.3) is 16.8 Å². The van der Waals surface area contributed by atoms with Gasteiger partial charge in [-0.2, -0.15) is 0 Å². The molecule has 3 heterocycles. The fraction of sp³-hybridized carbons (Fsp3) is 0.636. The lowest BCUT2D eigenvalue weighted by Crippen LogP contribution is -2.28. The Balaban J connectivity index is 1.73. The van der Waals surface area contributed by atoms with E-state index in [4.69, 9.17) is 9.84 Å². The summed E-state index contributed by atoms with van der Waals surface area (Å²) in [6.45, 7) is 9.59. The smallest absolute Gasteiger partial charge is 0.241 e. The minimum absolute atomic E-state index is 0.0993. The van der Waals surface area contributed by atoms with Crippen molar-refractivity contribution in [3.8, 4) is 11.3 Å². The van der Waals surface area contributed by atoms with E-state index in [0.29, 0.717) is 18.5 Å².